The molecular formula is C26H36F2NO3PS. The van der Waals surface area contributed by atoms with Gasteiger partial charge in [-0.25, -0.2) is 8.78 Å². The summed E-state index contributed by atoms with van der Waals surface area (Å²) in [5.41, 5.74) is 1.93. The summed E-state index contributed by atoms with van der Waals surface area (Å²) >= 11 is 1.36. The zero-order valence-corrected chi connectivity index (χ0v) is 21.4. The van der Waals surface area contributed by atoms with Gasteiger partial charge in [-0.3, -0.25) is 4.57 Å². The van der Waals surface area contributed by atoms with E-state index in [-0.39, 0.29) is 30.1 Å². The van der Waals surface area contributed by atoms with Crippen molar-refractivity contribution in [3.05, 3.63) is 65.2 Å². The molecule has 0 atom stereocenters. The van der Waals surface area contributed by atoms with Crippen molar-refractivity contribution in [2.75, 3.05) is 18.5 Å². The predicted molar refractivity (Wildman–Crippen MR) is 135 cm³/mol. The lowest BCUT2D eigenvalue weighted by molar-refractivity contribution is 0.268. The van der Waals surface area contributed by atoms with Crippen LogP contribution in [0.3, 0.4) is 0 Å². The van der Waals surface area contributed by atoms with E-state index in [1.54, 1.807) is 0 Å². The van der Waals surface area contributed by atoms with Crippen molar-refractivity contribution >= 4 is 19.4 Å². The van der Waals surface area contributed by atoms with Crippen molar-refractivity contribution in [2.45, 2.75) is 74.6 Å². The summed E-state index contributed by atoms with van der Waals surface area (Å²) in [6.45, 7) is 0.448. The molecule has 0 spiro atoms. The first-order valence-electron chi connectivity index (χ1n) is 12.2. The van der Waals surface area contributed by atoms with E-state index in [0.29, 0.717) is 11.4 Å². The Bertz CT molecular complexity index is 949. The summed E-state index contributed by atoms with van der Waals surface area (Å²) in [7, 11) is -4.02. The van der Waals surface area contributed by atoms with Gasteiger partial charge in [0.05, 0.1) is 6.16 Å². The molecule has 0 heterocycles. The minimum absolute atomic E-state index is 0.121. The van der Waals surface area contributed by atoms with Gasteiger partial charge in [-0.15, -0.1) is 11.8 Å². The zero-order chi connectivity index (χ0) is 24.4. The van der Waals surface area contributed by atoms with Gasteiger partial charge >= 0.3 is 7.60 Å². The number of hydrogen-bond donors (Lipinski definition) is 3. The first-order valence-corrected chi connectivity index (χ1v) is 15.0. The van der Waals surface area contributed by atoms with Gasteiger partial charge < -0.3 is 15.1 Å². The van der Waals surface area contributed by atoms with Crippen LogP contribution in [0.4, 0.5) is 8.78 Å². The van der Waals surface area contributed by atoms with Crippen molar-refractivity contribution in [3.63, 3.8) is 0 Å². The molecule has 1 aliphatic rings. The standard InChI is InChI=1S/C26H36F2NO3PS/c27-23-19-25(24(28)18-21(23)20-29-15-9-16-33(30,31)32)34-17-8-7-14-26(12-5-2-6-13-26)22-10-3-1-4-11-22/h1,3-4,10-11,18-19,29H,2,5-9,12-17,20H2,(H2,30,31,32). The summed E-state index contributed by atoms with van der Waals surface area (Å²) in [4.78, 5) is 18.0. The number of hydrogen-bond acceptors (Lipinski definition) is 3. The minimum atomic E-state index is -4.02. The van der Waals surface area contributed by atoms with Gasteiger partial charge in [0.2, 0.25) is 0 Å². The Kier molecular flexibility index (Phi) is 10.6. The third-order valence-corrected chi connectivity index (χ3v) is 8.74. The van der Waals surface area contributed by atoms with Gasteiger partial charge in [0.25, 0.3) is 0 Å². The number of nitrogens with one attached hydrogen (secondary N) is 1. The zero-order valence-electron chi connectivity index (χ0n) is 19.6. The molecule has 2 aromatic carbocycles. The van der Waals surface area contributed by atoms with Crippen LogP contribution in [0.5, 0.6) is 0 Å². The molecule has 4 nitrogen and oxygen atoms in total. The average molecular weight is 512 g/mol. The van der Waals surface area contributed by atoms with Crippen LogP contribution in [-0.4, -0.2) is 28.2 Å². The first-order chi connectivity index (χ1) is 16.3. The molecule has 0 aliphatic heterocycles. The van der Waals surface area contributed by atoms with Crippen LogP contribution in [-0.2, 0) is 16.5 Å². The van der Waals surface area contributed by atoms with Crippen LogP contribution in [0.2, 0.25) is 0 Å². The maximum atomic E-state index is 14.5. The van der Waals surface area contributed by atoms with E-state index in [1.807, 2.05) is 0 Å². The lowest BCUT2D eigenvalue weighted by Gasteiger charge is -2.38. The Balaban J connectivity index is 1.44. The molecule has 0 radical (unpaired) electrons. The Morgan fingerprint density at radius 3 is 2.41 bits per heavy atom. The van der Waals surface area contributed by atoms with Crippen molar-refractivity contribution in [2.24, 2.45) is 0 Å². The lowest BCUT2D eigenvalue weighted by Crippen LogP contribution is -2.29. The summed E-state index contributed by atoms with van der Waals surface area (Å²) in [6.07, 6.45) is 9.56. The van der Waals surface area contributed by atoms with Crippen molar-refractivity contribution in [3.8, 4) is 0 Å². The summed E-state index contributed by atoms with van der Waals surface area (Å²) in [6, 6.07) is 13.3. The largest absolute Gasteiger partial charge is 0.325 e. The van der Waals surface area contributed by atoms with E-state index in [1.165, 1.54) is 61.6 Å². The Labute approximate surface area is 206 Å². The van der Waals surface area contributed by atoms with Crippen molar-refractivity contribution in [1.82, 2.24) is 5.32 Å². The normalized spacial score (nSPS) is 16.0. The van der Waals surface area contributed by atoms with E-state index in [9.17, 15) is 13.3 Å². The number of halogens is 2. The predicted octanol–water partition coefficient (Wildman–Crippen LogP) is 6.79. The van der Waals surface area contributed by atoms with Gasteiger partial charge in [-0.05, 0) is 67.5 Å². The second-order valence-electron chi connectivity index (χ2n) is 9.31. The van der Waals surface area contributed by atoms with Gasteiger partial charge in [-0.2, -0.15) is 0 Å². The summed E-state index contributed by atoms with van der Waals surface area (Å²) in [5, 5.41) is 2.91. The van der Waals surface area contributed by atoms with E-state index < -0.39 is 19.2 Å². The molecule has 3 rings (SSSR count). The van der Waals surface area contributed by atoms with Crippen LogP contribution >= 0.6 is 19.4 Å². The van der Waals surface area contributed by atoms with Crippen LogP contribution in [0.15, 0.2) is 47.4 Å². The quantitative estimate of drug-likeness (QED) is 0.157. The van der Waals surface area contributed by atoms with Gasteiger partial charge in [0.1, 0.15) is 11.6 Å². The Hall–Kier alpha value is -1.24. The maximum absolute atomic E-state index is 14.5. The highest BCUT2D eigenvalue weighted by Crippen LogP contribution is 2.43. The second-order valence-corrected chi connectivity index (χ2v) is 12.2. The summed E-state index contributed by atoms with van der Waals surface area (Å²) in [5.74, 6) is -0.135. The molecule has 0 amide bonds. The molecule has 0 saturated heterocycles. The monoisotopic (exact) mass is 511 g/mol. The second kappa shape index (κ2) is 13.2. The molecule has 1 aliphatic carbocycles. The third kappa shape index (κ3) is 8.46. The topological polar surface area (TPSA) is 69.6 Å². The van der Waals surface area contributed by atoms with Crippen LogP contribution < -0.4 is 5.32 Å². The molecule has 188 valence electrons. The number of rotatable bonds is 13. The first kappa shape index (κ1) is 27.3. The van der Waals surface area contributed by atoms with E-state index in [4.69, 9.17) is 9.79 Å². The Morgan fingerprint density at radius 2 is 1.71 bits per heavy atom. The highest BCUT2D eigenvalue weighted by Gasteiger charge is 2.32. The minimum Gasteiger partial charge on any atom is -0.324 e. The molecule has 1 fully saturated rings. The van der Waals surface area contributed by atoms with Crippen LogP contribution in [0, 0.1) is 11.6 Å². The number of thioether (sulfide) groups is 1. The van der Waals surface area contributed by atoms with Gasteiger partial charge in [0.15, 0.2) is 0 Å². The molecule has 8 heteroatoms. The molecule has 0 unspecified atom stereocenters. The highest BCUT2D eigenvalue weighted by molar-refractivity contribution is 7.99. The summed E-state index contributed by atoms with van der Waals surface area (Å²) < 4.78 is 39.8. The van der Waals surface area contributed by atoms with E-state index >= 15 is 0 Å². The van der Waals surface area contributed by atoms with Crippen LogP contribution in [0.25, 0.3) is 0 Å². The Morgan fingerprint density at radius 1 is 0.971 bits per heavy atom. The SMILES string of the molecule is O=P(O)(O)CCCNCc1cc(F)c(SCCCCC2(c3ccccc3)CCCCC2)cc1F. The van der Waals surface area contributed by atoms with Gasteiger partial charge in [0, 0.05) is 17.0 Å². The fourth-order valence-corrected chi connectivity index (χ4v) is 6.42. The molecule has 1 saturated carbocycles. The van der Waals surface area contributed by atoms with Crippen molar-refractivity contribution in [1.29, 1.82) is 0 Å². The van der Waals surface area contributed by atoms with E-state index in [2.05, 4.69) is 35.6 Å². The van der Waals surface area contributed by atoms with Crippen LogP contribution in [0.1, 0.15) is 68.9 Å². The fourth-order valence-electron chi connectivity index (χ4n) is 4.90. The maximum Gasteiger partial charge on any atom is 0.325 e. The molecule has 34 heavy (non-hydrogen) atoms. The third-order valence-electron chi connectivity index (χ3n) is 6.72. The molecule has 3 N–H and O–H groups in total. The van der Waals surface area contributed by atoms with Gasteiger partial charge in [-0.1, -0.05) is 56.0 Å². The average Bonchev–Trinajstić information content (AvgIpc) is 2.81. The number of benzene rings is 2. The highest BCUT2D eigenvalue weighted by atomic mass is 32.2. The molecular weight excluding hydrogens is 475 g/mol. The smallest absolute Gasteiger partial charge is 0.324 e. The molecule has 0 aromatic heterocycles. The number of unbranched alkanes of at least 4 members (excludes halogenated alkanes) is 1. The van der Waals surface area contributed by atoms with E-state index in [0.717, 1.165) is 25.0 Å². The fraction of sp³-hybridized carbons (Fsp3) is 0.538. The van der Waals surface area contributed by atoms with Crippen molar-refractivity contribution < 1.29 is 23.1 Å². The lowest BCUT2D eigenvalue weighted by atomic mass is 9.67. The molecule has 0 bridgehead atoms. The molecule has 2 aromatic rings.